The van der Waals surface area contributed by atoms with Crippen molar-refractivity contribution >= 4 is 24.3 Å². The molecule has 150 valence electrons. The Morgan fingerprint density at radius 1 is 1.07 bits per heavy atom. The third kappa shape index (κ3) is 3.63. The molecule has 2 nitrogen and oxygen atoms in total. The number of hydrogen-bond donors (Lipinski definition) is 0. The van der Waals surface area contributed by atoms with E-state index < -0.39 is 0 Å². The van der Waals surface area contributed by atoms with E-state index in [1.54, 1.807) is 0 Å². The van der Waals surface area contributed by atoms with Gasteiger partial charge in [-0.05, 0) is 74.6 Å². The van der Waals surface area contributed by atoms with Crippen LogP contribution in [0, 0.1) is 16.7 Å². The lowest BCUT2D eigenvalue weighted by Crippen LogP contribution is -2.36. The van der Waals surface area contributed by atoms with Crippen molar-refractivity contribution in [1.82, 2.24) is 4.90 Å². The number of benzene rings is 1. The number of ketones is 1. The van der Waals surface area contributed by atoms with Gasteiger partial charge in [0.15, 0.2) is 5.78 Å². The number of allylic oxidation sites excluding steroid dienone is 1. The van der Waals surface area contributed by atoms with E-state index in [1.165, 1.54) is 5.56 Å². The topological polar surface area (TPSA) is 20.3 Å². The van der Waals surface area contributed by atoms with Crippen LogP contribution in [0.5, 0.6) is 0 Å². The molecule has 0 radical (unpaired) electrons. The fourth-order valence-corrected chi connectivity index (χ4v) is 5.17. The van der Waals surface area contributed by atoms with E-state index in [9.17, 15) is 4.79 Å². The van der Waals surface area contributed by atoms with Crippen molar-refractivity contribution in [1.29, 1.82) is 0 Å². The number of carbonyl (C=O) groups excluding carboxylic acids is 1. The average Bonchev–Trinajstić information content (AvgIpc) is 2.87. The summed E-state index contributed by atoms with van der Waals surface area (Å²) in [6.45, 7) is 16.7. The molecule has 3 heteroatoms. The first-order valence-corrected chi connectivity index (χ1v) is 10.2. The van der Waals surface area contributed by atoms with E-state index in [0.29, 0.717) is 23.8 Å². The molecule has 2 saturated carbocycles. The highest BCUT2D eigenvalue weighted by Crippen LogP contribution is 2.65. The predicted octanol–water partition coefficient (Wildman–Crippen LogP) is 6.14. The lowest BCUT2D eigenvalue weighted by molar-refractivity contribution is -0.125. The lowest BCUT2D eigenvalue weighted by atomic mass is 9.70. The van der Waals surface area contributed by atoms with Crippen molar-refractivity contribution < 1.29 is 4.79 Å². The zero-order valence-electron chi connectivity index (χ0n) is 18.0. The Bertz CT molecular complexity index is 708. The summed E-state index contributed by atoms with van der Waals surface area (Å²) in [5.74, 6) is 0.797. The van der Waals surface area contributed by atoms with Gasteiger partial charge >= 0.3 is 0 Å². The van der Waals surface area contributed by atoms with Crippen molar-refractivity contribution in [3.63, 3.8) is 0 Å². The second-order valence-electron chi connectivity index (χ2n) is 9.68. The molecule has 3 rings (SSSR count). The van der Waals surface area contributed by atoms with Gasteiger partial charge in [-0.25, -0.2) is 0 Å². The minimum Gasteiger partial charge on any atom is -0.294 e. The zero-order valence-corrected chi connectivity index (χ0v) is 18.8. The van der Waals surface area contributed by atoms with Crippen molar-refractivity contribution in [3.05, 3.63) is 41.0 Å². The van der Waals surface area contributed by atoms with Crippen LogP contribution >= 0.6 is 12.4 Å². The van der Waals surface area contributed by atoms with Gasteiger partial charge < -0.3 is 0 Å². The molecule has 2 atom stereocenters. The van der Waals surface area contributed by atoms with Crippen LogP contribution < -0.4 is 0 Å². The van der Waals surface area contributed by atoms with Crippen LogP contribution in [-0.4, -0.2) is 22.8 Å². The van der Waals surface area contributed by atoms with Gasteiger partial charge in [0, 0.05) is 24.0 Å². The number of halogens is 1. The van der Waals surface area contributed by atoms with Gasteiger partial charge in [0.1, 0.15) is 0 Å². The number of nitrogens with zero attached hydrogens (tertiary/aromatic N) is 1. The molecule has 2 aliphatic rings. The molecule has 0 N–H and O–H groups in total. The Hall–Kier alpha value is -1.12. The molecule has 0 aromatic heterocycles. The highest BCUT2D eigenvalue weighted by Gasteiger charge is 2.63. The Morgan fingerprint density at radius 3 is 2.07 bits per heavy atom. The van der Waals surface area contributed by atoms with Crippen LogP contribution in [0.2, 0.25) is 0 Å². The summed E-state index contributed by atoms with van der Waals surface area (Å²) in [7, 11) is 0. The Labute approximate surface area is 171 Å². The molecule has 2 unspecified atom stereocenters. The molecule has 0 saturated heterocycles. The first-order valence-electron chi connectivity index (χ1n) is 10.2. The first-order chi connectivity index (χ1) is 12.1. The molecule has 0 amide bonds. The van der Waals surface area contributed by atoms with E-state index in [2.05, 4.69) is 83.7 Å². The Morgan fingerprint density at radius 2 is 1.63 bits per heavy atom. The van der Waals surface area contributed by atoms with Gasteiger partial charge in [-0.1, -0.05) is 45.0 Å². The molecule has 0 heterocycles. The summed E-state index contributed by atoms with van der Waals surface area (Å²) in [5, 5.41) is 0. The number of carbonyl (C=O) groups is 1. The summed E-state index contributed by atoms with van der Waals surface area (Å²) in [6, 6.07) is 9.85. The molecule has 2 fully saturated rings. The summed E-state index contributed by atoms with van der Waals surface area (Å²) in [6.07, 6.45) is 4.35. The second kappa shape index (κ2) is 7.72. The fraction of sp³-hybridized carbons (Fsp3) is 0.625. The minimum absolute atomic E-state index is 0. The van der Waals surface area contributed by atoms with E-state index >= 15 is 0 Å². The molecular formula is C24H36ClNO. The highest BCUT2D eigenvalue weighted by molar-refractivity contribution is 6.07. The fourth-order valence-electron chi connectivity index (χ4n) is 5.17. The van der Waals surface area contributed by atoms with Crippen LogP contribution in [-0.2, 0) is 11.3 Å². The standard InChI is InChI=1S/C24H35NO.ClH/c1-16(2)25(17(3)4)15-19-10-8-18(9-11-19)14-20-21-12-13-24(7,22(20)26)23(21,5)6;/h8-11,14,16-17,21H,12-13,15H2,1-7H3;1H/b20-14+;. The van der Waals surface area contributed by atoms with Gasteiger partial charge in [0.25, 0.3) is 0 Å². The number of hydrogen-bond acceptors (Lipinski definition) is 2. The molecule has 1 aromatic carbocycles. The highest BCUT2D eigenvalue weighted by atomic mass is 35.5. The summed E-state index contributed by atoms with van der Waals surface area (Å²) >= 11 is 0. The minimum atomic E-state index is -0.168. The molecule has 1 aromatic rings. The Kier molecular flexibility index (Phi) is 6.34. The molecule has 2 aliphatic carbocycles. The number of fused-ring (bicyclic) bond motifs is 2. The predicted molar refractivity (Wildman–Crippen MR) is 117 cm³/mol. The van der Waals surface area contributed by atoms with E-state index in [0.717, 1.165) is 30.5 Å². The van der Waals surface area contributed by atoms with Crippen molar-refractivity contribution in [2.75, 3.05) is 0 Å². The monoisotopic (exact) mass is 389 g/mol. The van der Waals surface area contributed by atoms with Crippen molar-refractivity contribution in [2.45, 2.75) is 79.9 Å². The van der Waals surface area contributed by atoms with E-state index in [1.807, 2.05) is 0 Å². The third-order valence-electron chi connectivity index (χ3n) is 7.36. The largest absolute Gasteiger partial charge is 0.294 e. The SMILES string of the molecule is CC(C)N(Cc1ccc(/C=C2/C(=O)C3(C)CCC2C3(C)C)cc1)C(C)C.Cl. The van der Waals surface area contributed by atoms with Crippen LogP contribution in [0.1, 0.15) is 72.4 Å². The Balaban J connectivity index is 0.00000261. The van der Waals surface area contributed by atoms with Crippen LogP contribution in [0.4, 0.5) is 0 Å². The van der Waals surface area contributed by atoms with Crippen LogP contribution in [0.25, 0.3) is 6.08 Å². The first kappa shape index (κ1) is 22.2. The summed E-state index contributed by atoms with van der Waals surface area (Å²) in [5.41, 5.74) is 3.47. The maximum Gasteiger partial charge on any atom is 0.165 e. The number of rotatable bonds is 5. The van der Waals surface area contributed by atoms with Crippen molar-refractivity contribution in [3.8, 4) is 0 Å². The second-order valence-corrected chi connectivity index (χ2v) is 9.68. The smallest absolute Gasteiger partial charge is 0.165 e. The van der Waals surface area contributed by atoms with Crippen LogP contribution in [0.3, 0.4) is 0 Å². The van der Waals surface area contributed by atoms with E-state index in [4.69, 9.17) is 0 Å². The normalized spacial score (nSPS) is 27.9. The van der Waals surface area contributed by atoms with Gasteiger partial charge in [-0.2, -0.15) is 0 Å². The maximum atomic E-state index is 13.0. The number of Topliss-reactive ketones (excluding diaryl/α,β-unsaturated/α-hetero) is 1. The lowest BCUT2D eigenvalue weighted by Gasteiger charge is -2.31. The van der Waals surface area contributed by atoms with Gasteiger partial charge in [-0.15, -0.1) is 12.4 Å². The molecule has 0 aliphatic heterocycles. The van der Waals surface area contributed by atoms with Gasteiger partial charge in [0.05, 0.1) is 0 Å². The van der Waals surface area contributed by atoms with E-state index in [-0.39, 0.29) is 23.2 Å². The average molecular weight is 390 g/mol. The molecular weight excluding hydrogens is 354 g/mol. The quantitative estimate of drug-likeness (QED) is 0.564. The third-order valence-corrected chi connectivity index (χ3v) is 7.36. The van der Waals surface area contributed by atoms with Gasteiger partial charge in [-0.3, -0.25) is 9.69 Å². The zero-order chi connectivity index (χ0) is 19.3. The van der Waals surface area contributed by atoms with Crippen LogP contribution in [0.15, 0.2) is 29.8 Å². The molecule has 0 spiro atoms. The summed E-state index contributed by atoms with van der Waals surface area (Å²) in [4.78, 5) is 15.5. The van der Waals surface area contributed by atoms with Crippen molar-refractivity contribution in [2.24, 2.45) is 16.7 Å². The summed E-state index contributed by atoms with van der Waals surface area (Å²) < 4.78 is 0. The van der Waals surface area contributed by atoms with Gasteiger partial charge in [0.2, 0.25) is 0 Å². The molecule has 27 heavy (non-hydrogen) atoms. The maximum absolute atomic E-state index is 13.0. The molecule has 2 bridgehead atoms.